The lowest BCUT2D eigenvalue weighted by Crippen LogP contribution is -2.46. The van der Waals surface area contributed by atoms with Gasteiger partial charge in [-0.3, -0.25) is 4.79 Å². The normalized spacial score (nSPS) is 24.0. The van der Waals surface area contributed by atoms with Gasteiger partial charge in [-0.2, -0.15) is 0 Å². The third kappa shape index (κ3) is 4.13. The predicted octanol–water partition coefficient (Wildman–Crippen LogP) is 0.968. The lowest BCUT2D eigenvalue weighted by Gasteiger charge is -2.27. The van der Waals surface area contributed by atoms with Crippen molar-refractivity contribution in [2.45, 2.75) is 38.1 Å². The number of urea groups is 1. The SMILES string of the molecule is Nc1nc(CCCNC(=O)N2CC3CCCC(C2)C(=O)N3)cs1. The van der Waals surface area contributed by atoms with Gasteiger partial charge in [0.2, 0.25) is 5.91 Å². The molecule has 1 aromatic rings. The van der Waals surface area contributed by atoms with Crippen LogP contribution in [0.25, 0.3) is 0 Å². The molecule has 23 heavy (non-hydrogen) atoms. The second-order valence-electron chi connectivity index (χ2n) is 6.25. The van der Waals surface area contributed by atoms with Gasteiger partial charge >= 0.3 is 6.03 Å². The first-order valence-electron chi connectivity index (χ1n) is 8.15. The number of anilines is 1. The van der Waals surface area contributed by atoms with Crippen LogP contribution in [0, 0.1) is 5.92 Å². The summed E-state index contributed by atoms with van der Waals surface area (Å²) < 4.78 is 0. The van der Waals surface area contributed by atoms with Crippen molar-refractivity contribution < 1.29 is 9.59 Å². The van der Waals surface area contributed by atoms with Crippen LogP contribution in [-0.4, -0.2) is 47.5 Å². The van der Waals surface area contributed by atoms with Crippen LogP contribution in [0.5, 0.6) is 0 Å². The number of nitrogens with one attached hydrogen (secondary N) is 2. The number of hydrogen-bond donors (Lipinski definition) is 3. The zero-order valence-corrected chi connectivity index (χ0v) is 13.9. The molecule has 3 heterocycles. The number of rotatable bonds is 4. The van der Waals surface area contributed by atoms with Gasteiger partial charge in [0.25, 0.3) is 0 Å². The molecule has 2 atom stereocenters. The molecule has 1 aromatic heterocycles. The number of hydrogen-bond acceptors (Lipinski definition) is 5. The highest BCUT2D eigenvalue weighted by Gasteiger charge is 2.34. The van der Waals surface area contributed by atoms with E-state index in [9.17, 15) is 9.59 Å². The standard InChI is InChI=1S/C15H23N5O2S/c16-14-19-12(9-23-14)5-2-6-17-15(22)20-7-10-3-1-4-11(8-20)18-13(10)21/h9-11H,1-8H2,(H2,16,19)(H,17,22)(H,18,21). The van der Waals surface area contributed by atoms with Crippen molar-refractivity contribution in [3.8, 4) is 0 Å². The molecule has 126 valence electrons. The van der Waals surface area contributed by atoms with Gasteiger partial charge in [-0.05, 0) is 25.7 Å². The molecule has 2 saturated heterocycles. The highest BCUT2D eigenvalue weighted by atomic mass is 32.1. The van der Waals surface area contributed by atoms with Crippen molar-refractivity contribution in [2.75, 3.05) is 25.4 Å². The van der Waals surface area contributed by atoms with Crippen LogP contribution >= 0.6 is 11.3 Å². The van der Waals surface area contributed by atoms with E-state index < -0.39 is 0 Å². The summed E-state index contributed by atoms with van der Waals surface area (Å²) in [5.41, 5.74) is 6.57. The summed E-state index contributed by atoms with van der Waals surface area (Å²) in [5.74, 6) is 0.0372. The van der Waals surface area contributed by atoms with E-state index >= 15 is 0 Å². The molecule has 4 N–H and O–H groups in total. The Kier molecular flexibility index (Phi) is 5.00. The molecule has 0 radical (unpaired) electrons. The second-order valence-corrected chi connectivity index (χ2v) is 7.14. The molecule has 0 aromatic carbocycles. The summed E-state index contributed by atoms with van der Waals surface area (Å²) in [4.78, 5) is 30.3. The maximum absolute atomic E-state index is 12.3. The topological polar surface area (TPSA) is 100 Å². The Morgan fingerprint density at radius 1 is 1.48 bits per heavy atom. The number of carbonyl (C=O) groups excluding carboxylic acids is 2. The Morgan fingerprint density at radius 2 is 2.35 bits per heavy atom. The van der Waals surface area contributed by atoms with E-state index in [-0.39, 0.29) is 23.9 Å². The third-order valence-electron chi connectivity index (χ3n) is 4.45. The molecular weight excluding hydrogens is 314 g/mol. The van der Waals surface area contributed by atoms with Crippen molar-refractivity contribution in [1.29, 1.82) is 0 Å². The molecule has 2 aliphatic heterocycles. The van der Waals surface area contributed by atoms with E-state index in [1.165, 1.54) is 11.3 Å². The zero-order chi connectivity index (χ0) is 16.2. The number of aromatic nitrogens is 1. The number of fused-ring (bicyclic) bond motifs is 3. The summed E-state index contributed by atoms with van der Waals surface area (Å²) in [5, 5.41) is 8.52. The van der Waals surface area contributed by atoms with Crippen molar-refractivity contribution in [3.63, 3.8) is 0 Å². The highest BCUT2D eigenvalue weighted by molar-refractivity contribution is 7.13. The molecule has 0 saturated carbocycles. The summed E-state index contributed by atoms with van der Waals surface area (Å²) in [6.07, 6.45) is 4.51. The van der Waals surface area contributed by atoms with Gasteiger partial charge in [0.05, 0.1) is 11.6 Å². The van der Waals surface area contributed by atoms with E-state index in [1.54, 1.807) is 4.90 Å². The minimum atomic E-state index is -0.0730. The van der Waals surface area contributed by atoms with Gasteiger partial charge < -0.3 is 21.3 Å². The number of amides is 3. The van der Waals surface area contributed by atoms with Crippen molar-refractivity contribution in [2.24, 2.45) is 5.92 Å². The largest absolute Gasteiger partial charge is 0.375 e. The quantitative estimate of drug-likeness (QED) is 0.713. The van der Waals surface area contributed by atoms with Crippen molar-refractivity contribution >= 4 is 28.4 Å². The lowest BCUT2D eigenvalue weighted by molar-refractivity contribution is -0.124. The Labute approximate surface area is 139 Å². The van der Waals surface area contributed by atoms with E-state index in [2.05, 4.69) is 15.6 Å². The zero-order valence-electron chi connectivity index (χ0n) is 13.1. The summed E-state index contributed by atoms with van der Waals surface area (Å²) in [6, 6.07) is 0.0231. The molecule has 2 aliphatic rings. The number of nitrogens with two attached hydrogens (primary N) is 1. The van der Waals surface area contributed by atoms with Gasteiger partial charge in [0, 0.05) is 31.1 Å². The van der Waals surface area contributed by atoms with Gasteiger partial charge in [-0.1, -0.05) is 6.42 Å². The van der Waals surface area contributed by atoms with Gasteiger partial charge in [0.1, 0.15) is 0 Å². The molecule has 3 rings (SSSR count). The number of thiazole rings is 1. The molecule has 3 amide bonds. The van der Waals surface area contributed by atoms with E-state index in [4.69, 9.17) is 5.73 Å². The fourth-order valence-electron chi connectivity index (χ4n) is 3.23. The maximum Gasteiger partial charge on any atom is 0.317 e. The molecule has 8 heteroatoms. The average Bonchev–Trinajstić information content (AvgIpc) is 2.74. The van der Waals surface area contributed by atoms with E-state index in [0.29, 0.717) is 24.8 Å². The first kappa shape index (κ1) is 16.0. The number of carbonyl (C=O) groups is 2. The van der Waals surface area contributed by atoms with Gasteiger partial charge in [0.15, 0.2) is 5.13 Å². The summed E-state index contributed by atoms with van der Waals surface area (Å²) >= 11 is 1.44. The van der Waals surface area contributed by atoms with E-state index in [1.807, 2.05) is 5.38 Å². The molecule has 2 unspecified atom stereocenters. The first-order valence-corrected chi connectivity index (χ1v) is 9.03. The number of nitrogen functional groups attached to an aromatic ring is 1. The van der Waals surface area contributed by atoms with Crippen LogP contribution in [-0.2, 0) is 11.2 Å². The lowest BCUT2D eigenvalue weighted by atomic mass is 9.99. The summed E-state index contributed by atoms with van der Waals surface area (Å²) in [7, 11) is 0. The number of likely N-dealkylation sites (tertiary alicyclic amines) is 1. The number of nitrogens with zero attached hydrogens (tertiary/aromatic N) is 2. The minimum Gasteiger partial charge on any atom is -0.375 e. The molecule has 0 spiro atoms. The van der Waals surface area contributed by atoms with Crippen molar-refractivity contribution in [1.82, 2.24) is 20.5 Å². The average molecular weight is 337 g/mol. The van der Waals surface area contributed by atoms with E-state index in [0.717, 1.165) is 37.8 Å². The Hall–Kier alpha value is -1.83. The Balaban J connectivity index is 1.45. The van der Waals surface area contributed by atoms with Gasteiger partial charge in [-0.15, -0.1) is 11.3 Å². The summed E-state index contributed by atoms with van der Waals surface area (Å²) in [6.45, 7) is 1.73. The van der Waals surface area contributed by atoms with Crippen LogP contribution in [0.2, 0.25) is 0 Å². The first-order chi connectivity index (χ1) is 11.1. The molecule has 2 fully saturated rings. The molecular formula is C15H23N5O2S. The van der Waals surface area contributed by atoms with Crippen LogP contribution in [0.4, 0.5) is 9.93 Å². The monoisotopic (exact) mass is 337 g/mol. The fraction of sp³-hybridized carbons (Fsp3) is 0.667. The Bertz CT molecular complexity index is 576. The third-order valence-corrected chi connectivity index (χ3v) is 5.17. The molecule has 2 bridgehead atoms. The van der Waals surface area contributed by atoms with Gasteiger partial charge in [-0.25, -0.2) is 9.78 Å². The smallest absolute Gasteiger partial charge is 0.317 e. The second kappa shape index (κ2) is 7.16. The molecule has 7 nitrogen and oxygen atoms in total. The predicted molar refractivity (Wildman–Crippen MR) is 89.1 cm³/mol. The molecule has 0 aliphatic carbocycles. The fourth-order valence-corrected chi connectivity index (χ4v) is 3.83. The Morgan fingerprint density at radius 3 is 3.13 bits per heavy atom. The van der Waals surface area contributed by atoms with Crippen LogP contribution in [0.3, 0.4) is 0 Å². The maximum atomic E-state index is 12.3. The van der Waals surface area contributed by atoms with Crippen LogP contribution in [0.15, 0.2) is 5.38 Å². The van der Waals surface area contributed by atoms with Crippen molar-refractivity contribution in [3.05, 3.63) is 11.1 Å². The minimum absolute atomic E-state index is 0.0637. The highest BCUT2D eigenvalue weighted by Crippen LogP contribution is 2.21. The number of aryl methyl sites for hydroxylation is 1. The van der Waals surface area contributed by atoms with Crippen LogP contribution < -0.4 is 16.4 Å². The van der Waals surface area contributed by atoms with Crippen LogP contribution in [0.1, 0.15) is 31.4 Å².